The zero-order valence-electron chi connectivity index (χ0n) is 38.6. The van der Waals surface area contributed by atoms with Crippen molar-refractivity contribution in [2.45, 2.75) is 238 Å². The Hall–Kier alpha value is -1.81. The Labute approximate surface area is 367 Å². The van der Waals surface area contributed by atoms with Crippen molar-refractivity contribution in [3.63, 3.8) is 0 Å². The molecule has 0 saturated heterocycles. The second kappa shape index (κ2) is 45.2. The van der Waals surface area contributed by atoms with Crippen LogP contribution in [0.4, 0.5) is 0 Å². The van der Waals surface area contributed by atoms with Gasteiger partial charge in [-0.1, -0.05) is 204 Å². The summed E-state index contributed by atoms with van der Waals surface area (Å²) in [6.07, 6.45) is 52.0. The Bertz CT molecular complexity index is 1100. The molecule has 0 rings (SSSR count). The number of allylic oxidation sites excluding steroid dienone is 6. The van der Waals surface area contributed by atoms with Crippen LogP contribution >= 0.6 is 7.82 Å². The first-order valence-corrected chi connectivity index (χ1v) is 26.0. The van der Waals surface area contributed by atoms with Crippen molar-refractivity contribution in [2.75, 3.05) is 26.4 Å². The fourth-order valence-corrected chi connectivity index (χ4v) is 7.63. The smallest absolute Gasteiger partial charge is 0.472 e. The molecule has 0 aliphatic carbocycles. The molecule has 10 nitrogen and oxygen atoms in total. The number of unbranched alkanes of at least 4 members (excludes halogenated alkanes) is 27. The van der Waals surface area contributed by atoms with Crippen LogP contribution in [0.5, 0.6) is 0 Å². The van der Waals surface area contributed by atoms with E-state index in [1.807, 2.05) is 0 Å². The summed E-state index contributed by atoms with van der Waals surface area (Å²) in [4.78, 5) is 33.6. The van der Waals surface area contributed by atoms with Crippen LogP contribution in [-0.4, -0.2) is 60.5 Å². The van der Waals surface area contributed by atoms with E-state index in [0.29, 0.717) is 13.0 Å². The molecule has 4 N–H and O–H groups in total. The number of carboxylic acids is 1. The van der Waals surface area contributed by atoms with Gasteiger partial charge >= 0.3 is 19.8 Å². The lowest BCUT2D eigenvalue weighted by atomic mass is 10.0. The zero-order valence-corrected chi connectivity index (χ0v) is 39.5. The maximum Gasteiger partial charge on any atom is 0.472 e. The van der Waals surface area contributed by atoms with E-state index in [9.17, 15) is 19.0 Å². The fraction of sp³-hybridized carbons (Fsp3) is 0.837. The van der Waals surface area contributed by atoms with Crippen LogP contribution in [-0.2, 0) is 32.7 Å². The highest BCUT2D eigenvalue weighted by Crippen LogP contribution is 2.43. The summed E-state index contributed by atoms with van der Waals surface area (Å²) in [5, 5.41) is 8.91. The molecule has 0 fully saturated rings. The van der Waals surface area contributed by atoms with Crippen molar-refractivity contribution in [2.24, 2.45) is 5.73 Å². The summed E-state index contributed by atoms with van der Waals surface area (Å²) >= 11 is 0. The maximum atomic E-state index is 12.6. The Kier molecular flexibility index (Phi) is 43.9. The molecule has 3 atom stereocenters. The summed E-state index contributed by atoms with van der Waals surface area (Å²) in [6.45, 7) is 3.88. The second-order valence-electron chi connectivity index (χ2n) is 16.6. The second-order valence-corrected chi connectivity index (χ2v) is 18.1. The maximum absolute atomic E-state index is 12.6. The number of ether oxygens (including phenoxy) is 2. The minimum Gasteiger partial charge on any atom is -0.480 e. The van der Waals surface area contributed by atoms with Gasteiger partial charge in [0.05, 0.1) is 19.8 Å². The number of esters is 1. The first-order valence-electron chi connectivity index (χ1n) is 24.5. The van der Waals surface area contributed by atoms with Crippen LogP contribution in [0.1, 0.15) is 226 Å². The molecule has 11 heteroatoms. The van der Waals surface area contributed by atoms with Crippen molar-refractivity contribution >= 4 is 19.8 Å². The summed E-state index contributed by atoms with van der Waals surface area (Å²) in [6, 6.07) is -1.47. The largest absolute Gasteiger partial charge is 0.480 e. The van der Waals surface area contributed by atoms with Crippen molar-refractivity contribution in [3.8, 4) is 0 Å². The quantitative estimate of drug-likeness (QED) is 0.0233. The van der Waals surface area contributed by atoms with Gasteiger partial charge < -0.3 is 25.2 Å². The molecule has 0 spiro atoms. The van der Waals surface area contributed by atoms with Crippen LogP contribution in [0.25, 0.3) is 0 Å². The van der Waals surface area contributed by atoms with E-state index < -0.39 is 45.1 Å². The van der Waals surface area contributed by atoms with Crippen LogP contribution in [0, 0.1) is 0 Å². The number of rotatable bonds is 47. The molecule has 0 aliphatic rings. The molecule has 0 aromatic heterocycles. The molecule has 0 aliphatic heterocycles. The van der Waals surface area contributed by atoms with E-state index in [4.69, 9.17) is 29.4 Å². The van der Waals surface area contributed by atoms with Gasteiger partial charge in [-0.3, -0.25) is 18.6 Å². The number of carbonyl (C=O) groups excluding carboxylic acids is 1. The van der Waals surface area contributed by atoms with Gasteiger partial charge in [-0.25, -0.2) is 4.57 Å². The third-order valence-electron chi connectivity index (χ3n) is 10.7. The summed E-state index contributed by atoms with van der Waals surface area (Å²) in [5.74, 6) is -1.77. The van der Waals surface area contributed by atoms with Crippen molar-refractivity contribution in [1.82, 2.24) is 0 Å². The normalized spacial score (nSPS) is 14.1. The minimum absolute atomic E-state index is 0.0158. The predicted molar refractivity (Wildman–Crippen MR) is 249 cm³/mol. The number of aliphatic carboxylic acids is 1. The molecule has 0 bridgehead atoms. The first-order chi connectivity index (χ1) is 29.2. The summed E-state index contributed by atoms with van der Waals surface area (Å²) < 4.78 is 33.4. The first kappa shape index (κ1) is 58.2. The molecule has 0 amide bonds. The van der Waals surface area contributed by atoms with Crippen molar-refractivity contribution in [3.05, 3.63) is 36.5 Å². The van der Waals surface area contributed by atoms with E-state index in [1.165, 1.54) is 148 Å². The van der Waals surface area contributed by atoms with Crippen molar-refractivity contribution < 1.29 is 42.7 Å². The van der Waals surface area contributed by atoms with E-state index in [0.717, 1.165) is 51.4 Å². The van der Waals surface area contributed by atoms with E-state index in [1.54, 1.807) is 0 Å². The minimum atomic E-state index is -4.62. The molecule has 0 heterocycles. The molecule has 0 aromatic rings. The Morgan fingerprint density at radius 2 is 0.917 bits per heavy atom. The summed E-state index contributed by atoms with van der Waals surface area (Å²) in [5.41, 5.74) is 5.37. The van der Waals surface area contributed by atoms with Gasteiger partial charge in [-0.15, -0.1) is 0 Å². The molecular weight excluding hydrogens is 778 g/mol. The Morgan fingerprint density at radius 3 is 1.37 bits per heavy atom. The van der Waals surface area contributed by atoms with Gasteiger partial charge in [0, 0.05) is 13.0 Å². The average Bonchev–Trinajstić information content (AvgIpc) is 3.23. The van der Waals surface area contributed by atoms with Crippen LogP contribution in [0.3, 0.4) is 0 Å². The SMILES string of the molecule is CCCCCCC/C=C\C/C=C\C/C=C\CCCCCCCCCCCOCC(COP(=O)(O)OCC(N)C(=O)O)OC(=O)CCCCCCCCCCCCCCCC. The number of carboxylic acid groups (broad SMARTS) is 1. The fourth-order valence-electron chi connectivity index (χ4n) is 6.85. The standard InChI is InChI=1S/C49H92NO9P/c1-3-5-7-9-11-13-15-17-19-20-21-22-23-24-25-26-27-28-30-32-34-36-38-40-42-56-43-46(44-57-60(54,55)58-45-47(50)49(52)53)59-48(51)41-39-37-35-33-31-29-18-16-14-12-10-8-6-4-2/h15,17,20-21,23-24,46-47H,3-14,16,18-19,22,25-45,50H2,1-2H3,(H,52,53)(H,54,55)/b17-15-,21-20-,24-23-. The summed E-state index contributed by atoms with van der Waals surface area (Å²) in [7, 11) is -4.62. The zero-order chi connectivity index (χ0) is 44.0. The topological polar surface area (TPSA) is 155 Å². The third kappa shape index (κ3) is 44.3. The van der Waals surface area contributed by atoms with E-state index in [2.05, 4.69) is 50.3 Å². The highest BCUT2D eigenvalue weighted by atomic mass is 31.2. The Morgan fingerprint density at radius 1 is 0.533 bits per heavy atom. The van der Waals surface area contributed by atoms with Crippen LogP contribution in [0.15, 0.2) is 36.5 Å². The monoisotopic (exact) mass is 870 g/mol. The molecule has 0 radical (unpaired) electrons. The molecule has 0 aromatic carbocycles. The molecule has 3 unspecified atom stereocenters. The number of hydrogen-bond acceptors (Lipinski definition) is 8. The van der Waals surface area contributed by atoms with Crippen LogP contribution < -0.4 is 5.73 Å². The average molecular weight is 870 g/mol. The van der Waals surface area contributed by atoms with Gasteiger partial charge in [0.15, 0.2) is 0 Å². The highest BCUT2D eigenvalue weighted by molar-refractivity contribution is 7.47. The lowest BCUT2D eigenvalue weighted by Gasteiger charge is -2.20. The van der Waals surface area contributed by atoms with Crippen molar-refractivity contribution in [1.29, 1.82) is 0 Å². The Balaban J connectivity index is 4.13. The lowest BCUT2D eigenvalue weighted by molar-refractivity contribution is -0.154. The number of hydrogen-bond donors (Lipinski definition) is 3. The number of carbonyl (C=O) groups is 2. The number of phosphoric ester groups is 1. The molecular formula is C49H92NO9P. The third-order valence-corrected chi connectivity index (χ3v) is 11.6. The van der Waals surface area contributed by atoms with Gasteiger partial charge in [0.25, 0.3) is 0 Å². The van der Waals surface area contributed by atoms with Gasteiger partial charge in [0.1, 0.15) is 12.1 Å². The van der Waals surface area contributed by atoms with E-state index >= 15 is 0 Å². The predicted octanol–water partition coefficient (Wildman–Crippen LogP) is 14.0. The van der Waals surface area contributed by atoms with Gasteiger partial charge in [-0.2, -0.15) is 0 Å². The molecule has 352 valence electrons. The van der Waals surface area contributed by atoms with Gasteiger partial charge in [0.2, 0.25) is 0 Å². The van der Waals surface area contributed by atoms with Crippen LogP contribution in [0.2, 0.25) is 0 Å². The van der Waals surface area contributed by atoms with Gasteiger partial charge in [-0.05, 0) is 51.4 Å². The molecule has 60 heavy (non-hydrogen) atoms. The lowest BCUT2D eigenvalue weighted by Crippen LogP contribution is -2.34. The number of phosphoric acid groups is 1. The highest BCUT2D eigenvalue weighted by Gasteiger charge is 2.27. The molecule has 0 saturated carbocycles. The van der Waals surface area contributed by atoms with E-state index in [-0.39, 0.29) is 13.0 Å². The number of nitrogens with two attached hydrogens (primary N) is 1.